The molecule has 0 aromatic rings. The summed E-state index contributed by atoms with van der Waals surface area (Å²) in [7, 11) is 0. The highest BCUT2D eigenvalue weighted by molar-refractivity contribution is 5.50. The first kappa shape index (κ1) is 9.20. The van der Waals surface area contributed by atoms with E-state index in [-0.39, 0.29) is 12.2 Å². The summed E-state index contributed by atoms with van der Waals surface area (Å²) < 4.78 is 5.54. The first-order chi connectivity index (χ1) is 5.76. The third kappa shape index (κ3) is 2.31. The van der Waals surface area contributed by atoms with E-state index in [2.05, 4.69) is 13.2 Å². The van der Waals surface area contributed by atoms with E-state index < -0.39 is 0 Å². The van der Waals surface area contributed by atoms with E-state index in [1.165, 1.54) is 0 Å². The topological polar surface area (TPSA) is 26.3 Å². The minimum absolute atomic E-state index is 0.0201. The molecule has 1 aliphatic heterocycles. The van der Waals surface area contributed by atoms with Gasteiger partial charge in [0.2, 0.25) is 0 Å². The van der Waals surface area contributed by atoms with Crippen LogP contribution in [0.2, 0.25) is 0 Å². The van der Waals surface area contributed by atoms with Crippen LogP contribution in [0.25, 0.3) is 0 Å². The van der Waals surface area contributed by atoms with Gasteiger partial charge in [0.25, 0.3) is 0 Å². The summed E-state index contributed by atoms with van der Waals surface area (Å²) in [5, 5.41) is 0. The Kier molecular flexibility index (Phi) is 3.23. The molecule has 1 saturated heterocycles. The molecule has 2 nitrogen and oxygen atoms in total. The van der Waals surface area contributed by atoms with Crippen LogP contribution in [0.3, 0.4) is 0 Å². The molecule has 0 aliphatic carbocycles. The molecule has 1 aliphatic rings. The van der Waals surface area contributed by atoms with Gasteiger partial charge < -0.3 is 9.53 Å². The van der Waals surface area contributed by atoms with Gasteiger partial charge in [0.15, 0.2) is 0 Å². The highest BCUT2D eigenvalue weighted by atomic mass is 16.5. The lowest BCUT2D eigenvalue weighted by Crippen LogP contribution is -2.27. The van der Waals surface area contributed by atoms with Gasteiger partial charge in [-0.15, -0.1) is 6.58 Å². The summed E-state index contributed by atoms with van der Waals surface area (Å²) in [6.07, 6.45) is 4.85. The molecule has 1 fully saturated rings. The zero-order valence-electron chi connectivity index (χ0n) is 7.16. The predicted octanol–water partition coefficient (Wildman–Crippen LogP) is 1.87. The summed E-state index contributed by atoms with van der Waals surface area (Å²) in [5.74, 6) is 0. The van der Waals surface area contributed by atoms with Crippen LogP contribution in [-0.2, 0) is 9.53 Å². The highest BCUT2D eigenvalue weighted by Gasteiger charge is 2.21. The molecule has 1 rings (SSSR count). The molecule has 1 heterocycles. The molecule has 0 radical (unpaired) electrons. The van der Waals surface area contributed by atoms with Gasteiger partial charge in [-0.3, -0.25) is 0 Å². The van der Waals surface area contributed by atoms with Gasteiger partial charge in [-0.2, -0.15) is 0 Å². The lowest BCUT2D eigenvalue weighted by Gasteiger charge is -2.28. The van der Waals surface area contributed by atoms with Crippen LogP contribution in [0.4, 0.5) is 0 Å². The Labute approximate surface area is 72.9 Å². The zero-order chi connectivity index (χ0) is 8.97. The van der Waals surface area contributed by atoms with Crippen molar-refractivity contribution >= 4 is 6.29 Å². The summed E-state index contributed by atoms with van der Waals surface area (Å²) in [5.41, 5.74) is 1.15. The fraction of sp³-hybridized carbons (Fsp3) is 0.500. The average molecular weight is 166 g/mol. The number of rotatable bonds is 3. The van der Waals surface area contributed by atoms with Crippen molar-refractivity contribution in [3.8, 4) is 0 Å². The van der Waals surface area contributed by atoms with E-state index in [9.17, 15) is 4.79 Å². The number of hydrogen-bond donors (Lipinski definition) is 0. The molecule has 0 amide bonds. The summed E-state index contributed by atoms with van der Waals surface area (Å²) in [6.45, 7) is 7.56. The number of ether oxygens (including phenoxy) is 1. The van der Waals surface area contributed by atoms with Gasteiger partial charge in [0.05, 0.1) is 12.2 Å². The fourth-order valence-electron chi connectivity index (χ4n) is 1.42. The maximum Gasteiger partial charge on any atom is 0.122 e. The summed E-state index contributed by atoms with van der Waals surface area (Å²) in [6, 6.07) is 0. The molecule has 0 bridgehead atoms. The van der Waals surface area contributed by atoms with Crippen molar-refractivity contribution in [2.24, 2.45) is 0 Å². The Morgan fingerprint density at radius 3 is 2.92 bits per heavy atom. The zero-order valence-corrected chi connectivity index (χ0v) is 7.16. The van der Waals surface area contributed by atoms with Gasteiger partial charge >= 0.3 is 0 Å². The van der Waals surface area contributed by atoms with Crippen molar-refractivity contribution in [1.29, 1.82) is 0 Å². The lowest BCUT2D eigenvalue weighted by molar-refractivity contribution is -0.111. The molecular weight excluding hydrogens is 152 g/mol. The molecule has 0 N–H and O–H groups in total. The standard InChI is InChI=1S/C10H14O2/c1-3-9-6-8(2)7-10(12-9)4-5-11/h3,5,9-10H,1-2,4,6-7H2/t9-,10+/m1/s1. The molecule has 0 unspecified atom stereocenters. The van der Waals surface area contributed by atoms with Crippen LogP contribution in [0.15, 0.2) is 24.8 Å². The third-order valence-corrected chi connectivity index (χ3v) is 2.00. The first-order valence-corrected chi connectivity index (χ1v) is 4.14. The fourth-order valence-corrected chi connectivity index (χ4v) is 1.42. The number of carbonyl (C=O) groups excluding carboxylic acids is 1. The van der Waals surface area contributed by atoms with E-state index in [4.69, 9.17) is 4.74 Å². The third-order valence-electron chi connectivity index (χ3n) is 2.00. The van der Waals surface area contributed by atoms with Crippen molar-refractivity contribution in [3.05, 3.63) is 24.8 Å². The average Bonchev–Trinajstić information content (AvgIpc) is 2.04. The van der Waals surface area contributed by atoms with Crippen molar-refractivity contribution in [3.63, 3.8) is 0 Å². The van der Waals surface area contributed by atoms with Crippen molar-refractivity contribution in [1.82, 2.24) is 0 Å². The van der Waals surface area contributed by atoms with Gasteiger partial charge in [-0.05, 0) is 12.8 Å². The van der Waals surface area contributed by atoms with Crippen LogP contribution in [0.1, 0.15) is 19.3 Å². The second-order valence-electron chi connectivity index (χ2n) is 3.09. The van der Waals surface area contributed by atoms with E-state index in [0.29, 0.717) is 6.42 Å². The van der Waals surface area contributed by atoms with Crippen LogP contribution >= 0.6 is 0 Å². The van der Waals surface area contributed by atoms with Crippen LogP contribution in [0.5, 0.6) is 0 Å². The van der Waals surface area contributed by atoms with E-state index in [1.54, 1.807) is 6.08 Å². The maximum atomic E-state index is 10.2. The lowest BCUT2D eigenvalue weighted by atomic mass is 9.98. The summed E-state index contributed by atoms with van der Waals surface area (Å²) in [4.78, 5) is 10.2. The molecule has 0 spiro atoms. The Balaban J connectivity index is 2.50. The van der Waals surface area contributed by atoms with E-state index in [1.807, 2.05) is 0 Å². The minimum atomic E-state index is 0.0201. The smallest absolute Gasteiger partial charge is 0.122 e. The first-order valence-electron chi connectivity index (χ1n) is 4.14. The SMILES string of the molecule is C=C[C@@H]1CC(=C)C[C@H](CC=O)O1. The Bertz CT molecular complexity index is 196. The van der Waals surface area contributed by atoms with Gasteiger partial charge in [-0.25, -0.2) is 0 Å². The number of aldehydes is 1. The maximum absolute atomic E-state index is 10.2. The quantitative estimate of drug-likeness (QED) is 0.472. The normalized spacial score (nSPS) is 29.8. The molecule has 0 saturated carbocycles. The van der Waals surface area contributed by atoms with Crippen molar-refractivity contribution < 1.29 is 9.53 Å². The monoisotopic (exact) mass is 166 g/mol. The van der Waals surface area contributed by atoms with Crippen LogP contribution in [0, 0.1) is 0 Å². The number of hydrogen-bond acceptors (Lipinski definition) is 2. The molecule has 2 atom stereocenters. The van der Waals surface area contributed by atoms with Gasteiger partial charge in [-0.1, -0.05) is 18.2 Å². The Morgan fingerprint density at radius 2 is 2.33 bits per heavy atom. The predicted molar refractivity (Wildman–Crippen MR) is 47.9 cm³/mol. The Hall–Kier alpha value is -0.890. The van der Waals surface area contributed by atoms with Gasteiger partial charge in [0.1, 0.15) is 6.29 Å². The summed E-state index contributed by atoms with van der Waals surface area (Å²) >= 11 is 0. The van der Waals surface area contributed by atoms with E-state index in [0.717, 1.165) is 24.7 Å². The second-order valence-corrected chi connectivity index (χ2v) is 3.09. The van der Waals surface area contributed by atoms with Crippen molar-refractivity contribution in [2.45, 2.75) is 31.5 Å². The molecule has 0 aromatic heterocycles. The van der Waals surface area contributed by atoms with Crippen LogP contribution in [-0.4, -0.2) is 18.5 Å². The van der Waals surface area contributed by atoms with E-state index >= 15 is 0 Å². The molecular formula is C10H14O2. The van der Waals surface area contributed by atoms with Gasteiger partial charge in [0, 0.05) is 6.42 Å². The molecule has 0 aromatic carbocycles. The molecule has 12 heavy (non-hydrogen) atoms. The highest BCUT2D eigenvalue weighted by Crippen LogP contribution is 2.24. The molecule has 66 valence electrons. The molecule has 2 heteroatoms. The van der Waals surface area contributed by atoms with Crippen LogP contribution < -0.4 is 0 Å². The Morgan fingerprint density at radius 1 is 1.58 bits per heavy atom. The van der Waals surface area contributed by atoms with Crippen molar-refractivity contribution in [2.75, 3.05) is 0 Å². The largest absolute Gasteiger partial charge is 0.370 e. The number of carbonyl (C=O) groups is 1. The second kappa shape index (κ2) is 4.21. The minimum Gasteiger partial charge on any atom is -0.370 e.